The molecule has 31 heavy (non-hydrogen) atoms. The summed E-state index contributed by atoms with van der Waals surface area (Å²) in [6, 6.07) is 10.8. The number of rotatable bonds is 5. The van der Waals surface area contributed by atoms with Crippen LogP contribution in [0.1, 0.15) is 67.1 Å². The predicted molar refractivity (Wildman–Crippen MR) is 120 cm³/mol. The Kier molecular flexibility index (Phi) is 5.90. The Labute approximate surface area is 183 Å². The largest absolute Gasteiger partial charge is 0.342 e. The Morgan fingerprint density at radius 1 is 1.10 bits per heavy atom. The molecule has 2 fully saturated rings. The summed E-state index contributed by atoms with van der Waals surface area (Å²) in [5.41, 5.74) is 3.05. The van der Waals surface area contributed by atoms with Crippen molar-refractivity contribution in [1.29, 1.82) is 0 Å². The lowest BCUT2D eigenvalue weighted by Crippen LogP contribution is -2.41. The van der Waals surface area contributed by atoms with E-state index in [1.807, 2.05) is 23.1 Å². The van der Waals surface area contributed by atoms with E-state index in [2.05, 4.69) is 22.0 Å². The van der Waals surface area contributed by atoms with Gasteiger partial charge < -0.3 is 9.88 Å². The highest BCUT2D eigenvalue weighted by atomic mass is 16.2. The van der Waals surface area contributed by atoms with E-state index in [0.717, 1.165) is 56.0 Å². The summed E-state index contributed by atoms with van der Waals surface area (Å²) in [6.07, 6.45) is 8.16. The lowest BCUT2D eigenvalue weighted by Gasteiger charge is -2.32. The number of fused-ring (bicyclic) bond motifs is 1. The predicted octanol–water partition coefficient (Wildman–Crippen LogP) is 3.02. The Morgan fingerprint density at radius 3 is 2.71 bits per heavy atom. The highest BCUT2D eigenvalue weighted by Gasteiger charge is 2.32. The van der Waals surface area contributed by atoms with Gasteiger partial charge in [0.05, 0.1) is 11.3 Å². The van der Waals surface area contributed by atoms with Crippen molar-refractivity contribution in [3.63, 3.8) is 0 Å². The molecule has 0 radical (unpaired) electrons. The maximum atomic E-state index is 12.9. The van der Waals surface area contributed by atoms with Crippen LogP contribution in [0.2, 0.25) is 0 Å². The molecule has 164 valence electrons. The highest BCUT2D eigenvalue weighted by Crippen LogP contribution is 2.29. The van der Waals surface area contributed by atoms with Crippen LogP contribution in [0.3, 0.4) is 0 Å². The molecule has 1 amide bonds. The standard InChI is InChI=1S/C25H32N4O2/c30-23(11-10-18-6-2-1-3-7-18)29-14-12-19(16-29)24-26-22-13-15-28(20-8-4-5-9-20)17-21(22)25(31)27-24/h1-3,6-7,19-20H,4-5,8-17H2,(H,26,27,31). The van der Waals surface area contributed by atoms with Crippen molar-refractivity contribution >= 4 is 5.91 Å². The summed E-state index contributed by atoms with van der Waals surface area (Å²) in [5.74, 6) is 1.10. The number of likely N-dealkylation sites (tertiary alicyclic amines) is 1. The van der Waals surface area contributed by atoms with Gasteiger partial charge in [-0.2, -0.15) is 0 Å². The third kappa shape index (κ3) is 4.45. The molecule has 0 bridgehead atoms. The average molecular weight is 421 g/mol. The second kappa shape index (κ2) is 8.95. The number of aryl methyl sites for hydroxylation is 1. The Balaban J connectivity index is 1.22. The number of benzene rings is 1. The van der Waals surface area contributed by atoms with Gasteiger partial charge in [0, 0.05) is 51.0 Å². The van der Waals surface area contributed by atoms with Crippen molar-refractivity contribution in [3.8, 4) is 0 Å². The first-order chi connectivity index (χ1) is 15.2. The van der Waals surface area contributed by atoms with Gasteiger partial charge >= 0.3 is 0 Å². The molecule has 3 heterocycles. The van der Waals surface area contributed by atoms with Gasteiger partial charge in [0.1, 0.15) is 5.82 Å². The van der Waals surface area contributed by atoms with Crippen molar-refractivity contribution in [2.75, 3.05) is 19.6 Å². The highest BCUT2D eigenvalue weighted by molar-refractivity contribution is 5.76. The van der Waals surface area contributed by atoms with E-state index < -0.39 is 0 Å². The number of aromatic amines is 1. The maximum absolute atomic E-state index is 12.9. The van der Waals surface area contributed by atoms with E-state index in [0.29, 0.717) is 19.0 Å². The minimum Gasteiger partial charge on any atom is -0.342 e. The number of carbonyl (C=O) groups is 1. The summed E-state index contributed by atoms with van der Waals surface area (Å²) < 4.78 is 0. The number of nitrogens with one attached hydrogen (secondary N) is 1. The summed E-state index contributed by atoms with van der Waals surface area (Å²) in [5, 5.41) is 0. The Morgan fingerprint density at radius 2 is 1.90 bits per heavy atom. The summed E-state index contributed by atoms with van der Waals surface area (Å²) in [7, 11) is 0. The quantitative estimate of drug-likeness (QED) is 0.807. The molecule has 6 heteroatoms. The van der Waals surface area contributed by atoms with Gasteiger partial charge in [0.25, 0.3) is 5.56 Å². The monoisotopic (exact) mass is 420 g/mol. The van der Waals surface area contributed by atoms with Crippen LogP contribution >= 0.6 is 0 Å². The molecule has 3 aliphatic rings. The molecule has 1 aromatic carbocycles. The molecule has 1 saturated carbocycles. The van der Waals surface area contributed by atoms with Crippen molar-refractivity contribution < 1.29 is 4.79 Å². The number of carbonyl (C=O) groups excluding carboxylic acids is 1. The van der Waals surface area contributed by atoms with Crippen molar-refractivity contribution in [1.82, 2.24) is 19.8 Å². The number of amides is 1. The lowest BCUT2D eigenvalue weighted by molar-refractivity contribution is -0.130. The second-order valence-corrected chi connectivity index (χ2v) is 9.35. The van der Waals surface area contributed by atoms with Gasteiger partial charge in [-0.25, -0.2) is 4.98 Å². The van der Waals surface area contributed by atoms with Crippen LogP contribution in [0.4, 0.5) is 0 Å². The van der Waals surface area contributed by atoms with Gasteiger partial charge in [-0.05, 0) is 31.2 Å². The Hall–Kier alpha value is -2.47. The van der Waals surface area contributed by atoms with E-state index in [1.165, 1.54) is 31.2 Å². The molecule has 1 saturated heterocycles. The fraction of sp³-hybridized carbons (Fsp3) is 0.560. The summed E-state index contributed by atoms with van der Waals surface area (Å²) in [4.78, 5) is 37.9. The molecule has 1 aromatic heterocycles. The first-order valence-electron chi connectivity index (χ1n) is 11.8. The number of hydrogen-bond donors (Lipinski definition) is 1. The van der Waals surface area contributed by atoms with Crippen LogP contribution in [0.15, 0.2) is 35.1 Å². The van der Waals surface area contributed by atoms with Gasteiger partial charge in [0.2, 0.25) is 5.91 Å². The molecule has 1 atom stereocenters. The van der Waals surface area contributed by atoms with Crippen LogP contribution < -0.4 is 5.56 Å². The maximum Gasteiger partial charge on any atom is 0.255 e. The van der Waals surface area contributed by atoms with Crippen LogP contribution in [0.25, 0.3) is 0 Å². The lowest BCUT2D eigenvalue weighted by atomic mass is 10.0. The van der Waals surface area contributed by atoms with Crippen LogP contribution in [0, 0.1) is 0 Å². The molecular weight excluding hydrogens is 388 g/mol. The van der Waals surface area contributed by atoms with Crippen molar-refractivity contribution in [2.45, 2.75) is 69.9 Å². The molecule has 1 N–H and O–H groups in total. The van der Waals surface area contributed by atoms with E-state index >= 15 is 0 Å². The first-order valence-corrected chi connectivity index (χ1v) is 11.8. The molecule has 1 unspecified atom stereocenters. The van der Waals surface area contributed by atoms with Crippen LogP contribution in [-0.2, 0) is 24.2 Å². The fourth-order valence-corrected chi connectivity index (χ4v) is 5.50. The van der Waals surface area contributed by atoms with Crippen molar-refractivity contribution in [2.24, 2.45) is 0 Å². The molecule has 0 spiro atoms. The van der Waals surface area contributed by atoms with Crippen LogP contribution in [0.5, 0.6) is 0 Å². The van der Waals surface area contributed by atoms with E-state index in [4.69, 9.17) is 4.98 Å². The SMILES string of the molecule is O=C(CCc1ccccc1)N1CCC(c2nc3c(c(=O)[nH]2)CN(C2CCCC2)CC3)C1. The van der Waals surface area contributed by atoms with E-state index in [9.17, 15) is 9.59 Å². The summed E-state index contributed by atoms with van der Waals surface area (Å²) >= 11 is 0. The number of aromatic nitrogens is 2. The minimum atomic E-state index is 0.0246. The van der Waals surface area contributed by atoms with Gasteiger partial charge in [-0.3, -0.25) is 14.5 Å². The molecule has 2 aromatic rings. The van der Waals surface area contributed by atoms with Crippen LogP contribution in [-0.4, -0.2) is 51.4 Å². The third-order valence-electron chi connectivity index (χ3n) is 7.36. The zero-order chi connectivity index (χ0) is 21.2. The average Bonchev–Trinajstić information content (AvgIpc) is 3.50. The minimum absolute atomic E-state index is 0.0246. The number of H-pyrrole nitrogens is 1. The smallest absolute Gasteiger partial charge is 0.255 e. The first kappa shape index (κ1) is 20.4. The zero-order valence-electron chi connectivity index (χ0n) is 18.2. The van der Waals surface area contributed by atoms with E-state index in [1.54, 1.807) is 0 Å². The van der Waals surface area contributed by atoms with Crippen molar-refractivity contribution in [3.05, 3.63) is 63.3 Å². The molecule has 6 nitrogen and oxygen atoms in total. The second-order valence-electron chi connectivity index (χ2n) is 9.35. The molecule has 1 aliphatic carbocycles. The normalized spacial score (nSPS) is 22.1. The van der Waals surface area contributed by atoms with E-state index in [-0.39, 0.29) is 17.4 Å². The molecular formula is C25H32N4O2. The Bertz CT molecular complexity index is 981. The number of hydrogen-bond acceptors (Lipinski definition) is 4. The molecule has 5 rings (SSSR count). The van der Waals surface area contributed by atoms with Gasteiger partial charge in [-0.1, -0.05) is 43.2 Å². The van der Waals surface area contributed by atoms with Gasteiger partial charge in [-0.15, -0.1) is 0 Å². The topological polar surface area (TPSA) is 69.3 Å². The summed E-state index contributed by atoms with van der Waals surface area (Å²) in [6.45, 7) is 3.14. The number of nitrogens with zero attached hydrogens (tertiary/aromatic N) is 3. The zero-order valence-corrected chi connectivity index (χ0v) is 18.2. The molecule has 2 aliphatic heterocycles. The third-order valence-corrected chi connectivity index (χ3v) is 7.36. The fourth-order valence-electron chi connectivity index (χ4n) is 5.50. The van der Waals surface area contributed by atoms with Gasteiger partial charge in [0.15, 0.2) is 0 Å².